The second kappa shape index (κ2) is 46.6. The van der Waals surface area contributed by atoms with E-state index in [4.69, 9.17) is 65.5 Å². The van der Waals surface area contributed by atoms with Gasteiger partial charge in [-0.1, -0.05) is 67.8 Å². The zero-order valence-electron chi connectivity index (χ0n) is 73.2. The van der Waals surface area contributed by atoms with Crippen molar-refractivity contribution in [2.24, 2.45) is 21.1 Å². The normalized spacial score (nSPS) is 13.8. The molecule has 7 N–H and O–H groups in total. The van der Waals surface area contributed by atoms with Crippen molar-refractivity contribution in [3.63, 3.8) is 0 Å². The molecule has 37 heteroatoms. The fourth-order valence-electron chi connectivity index (χ4n) is 14.0. The number of ether oxygens (including phenoxy) is 6. The Labute approximate surface area is 743 Å². The highest BCUT2D eigenvalue weighted by Crippen LogP contribution is 2.42. The number of nitrogens with one attached hydrogen (secondary N) is 4. The Hall–Kier alpha value is -13.4. The number of nitrogen functional groups attached to an aromatic ring is 1. The van der Waals surface area contributed by atoms with Gasteiger partial charge in [-0.05, 0) is 93.4 Å². The molecular weight excluding hydrogens is 1660 g/mol. The molecule has 0 saturated carbocycles. The topological polar surface area (TPSA) is 397 Å². The SMILES string of the molecule is C=CC(=O)Cl.C=CC(=O)Nc1cc(Nc2nccc(-c3cn(C)c4ccccc34)n2)c(OC)cc1OCCN1CCN(C)CC1.CC#N.COc1cc(OCCN2CCN(C)CC2)c(N)cc1Nc1nccc(-c2cn(C)c3ccccc23)n1.COc1cc(OCCN2CCN(C)CC2)c([N+](=O)[O-])cc1Nc1nccc(-c2cn(C)c3ccccc23)n1.CS(=O)(=O)O. The number of nitro benzene ring substituents is 1. The predicted octanol–water partition coefficient (Wildman–Crippen LogP) is 12.6. The molecule has 12 aromatic rings. The molecule has 0 spiro atoms. The second-order valence-electron chi connectivity index (χ2n) is 29.7. The summed E-state index contributed by atoms with van der Waals surface area (Å²) >= 11 is 4.71. The molecule has 127 heavy (non-hydrogen) atoms. The largest absolute Gasteiger partial charge is 0.494 e. The lowest BCUT2D eigenvalue weighted by Crippen LogP contribution is -2.45. The molecular formula is C90H109ClN22O13S. The number of nitro groups is 1. The van der Waals surface area contributed by atoms with Gasteiger partial charge in [0.15, 0.2) is 0 Å². The molecule has 3 aliphatic rings. The number of amides is 1. The van der Waals surface area contributed by atoms with Gasteiger partial charge in [-0.3, -0.25) is 39.0 Å². The Bertz CT molecular complexity index is 5910. The highest BCUT2D eigenvalue weighted by molar-refractivity contribution is 7.85. The Morgan fingerprint density at radius 3 is 1.17 bits per heavy atom. The molecule has 1 amide bonds. The monoisotopic (exact) mass is 1770 g/mol. The van der Waals surface area contributed by atoms with E-state index in [9.17, 15) is 28.1 Å². The quantitative estimate of drug-likeness (QED) is 0.00662. The number of aromatic nitrogens is 9. The van der Waals surface area contributed by atoms with Crippen molar-refractivity contribution in [3.8, 4) is 74.3 Å². The van der Waals surface area contributed by atoms with Crippen molar-refractivity contribution in [2.75, 3.05) is 194 Å². The number of benzene rings is 6. The Morgan fingerprint density at radius 2 is 0.835 bits per heavy atom. The zero-order valence-corrected chi connectivity index (χ0v) is 74.8. The average molecular weight is 1770 g/mol. The number of nitrogens with zero attached hydrogens (tertiary/aromatic N) is 17. The number of halogens is 1. The van der Waals surface area contributed by atoms with Crippen LogP contribution in [0.15, 0.2) is 190 Å². The number of anilines is 8. The van der Waals surface area contributed by atoms with E-state index in [1.165, 1.54) is 26.2 Å². The number of carbonyl (C=O) groups excluding carboxylic acids is 2. The van der Waals surface area contributed by atoms with E-state index in [1.807, 2.05) is 88.0 Å². The summed E-state index contributed by atoms with van der Waals surface area (Å²) in [6.45, 7) is 24.1. The van der Waals surface area contributed by atoms with Crippen LogP contribution in [0.1, 0.15) is 6.92 Å². The van der Waals surface area contributed by atoms with Crippen LogP contribution in [-0.2, 0) is 40.9 Å². The van der Waals surface area contributed by atoms with Crippen molar-refractivity contribution in [3.05, 3.63) is 200 Å². The average Bonchev–Trinajstić information content (AvgIpc) is 1.65. The molecule has 3 saturated heterocycles. The van der Waals surface area contributed by atoms with Crippen LogP contribution in [0, 0.1) is 21.4 Å². The Kier molecular flexibility index (Phi) is 35.2. The van der Waals surface area contributed by atoms with Crippen LogP contribution in [0.4, 0.5) is 52.0 Å². The van der Waals surface area contributed by atoms with Crippen LogP contribution in [-0.4, -0.2) is 269 Å². The van der Waals surface area contributed by atoms with Gasteiger partial charge in [0.25, 0.3) is 10.1 Å². The van der Waals surface area contributed by atoms with Crippen molar-refractivity contribution in [1.29, 1.82) is 5.26 Å². The van der Waals surface area contributed by atoms with Gasteiger partial charge >= 0.3 is 5.69 Å². The van der Waals surface area contributed by atoms with E-state index in [0.29, 0.717) is 108 Å². The number of likely N-dealkylation sites (N-methyl/N-ethyl adjacent to an activating group) is 3. The predicted molar refractivity (Wildman–Crippen MR) is 499 cm³/mol. The molecule has 0 radical (unpaired) electrons. The Balaban J connectivity index is 0.000000185. The fourth-order valence-corrected chi connectivity index (χ4v) is 14.0. The van der Waals surface area contributed by atoms with Crippen molar-refractivity contribution >= 4 is 118 Å². The summed E-state index contributed by atoms with van der Waals surface area (Å²) in [6, 6.07) is 42.0. The third kappa shape index (κ3) is 27.6. The molecule has 0 unspecified atom stereocenters. The van der Waals surface area contributed by atoms with Gasteiger partial charge < -0.3 is 83.8 Å². The standard InChI is InChI=1S/C30H35N7O3.C27H31N7O4.C27H33N7O2.C3H3ClO.C2H3N.CH4O3S/c1-5-29(38)32-25-18-24(27(39-4)19-28(25)40-17-16-37-14-12-35(2)13-15-37)34-30-31-11-10-23(33-30)22-20-36(3)26-9-7-6-8-21(22)26;1-31-10-12-33(13-11-31)14-15-38-26-17-25(37-3)22(16-24(26)34(35)36)30-27-28-9-8-21(29-27)20-18-32(2)23-7-5-4-6-19(20)23;1-32-10-12-34(13-11-32)14-15-36-25-17-26(35-3)23(16-21(25)28)31-27-29-9-8-22(30-27)20-18-33(2)24-7-5-4-6-19(20)24;1-2-3(4)5;1-2-3;1-5(2,3)4/h5-11,18-20H,1,12-17H2,2-4H3,(H,32,38)(H,31,33,34);4-9,16-18H,10-15H2,1-3H3,(H,28,29,30);4-9,16-18H,10-15,28H2,1-3H3,(H,29,30,31);2H,1H2;1H3;1H3,(H,2,3,4). The van der Waals surface area contributed by atoms with E-state index in [1.54, 1.807) is 63.1 Å². The lowest BCUT2D eigenvalue weighted by molar-refractivity contribution is -0.385. The van der Waals surface area contributed by atoms with E-state index in [-0.39, 0.29) is 17.3 Å². The molecule has 15 rings (SSSR count). The van der Waals surface area contributed by atoms with E-state index >= 15 is 0 Å². The summed E-state index contributed by atoms with van der Waals surface area (Å²) in [7, 11) is 13.5. The zero-order chi connectivity index (χ0) is 91.3. The number of para-hydroxylation sites is 3. The van der Waals surface area contributed by atoms with Crippen LogP contribution in [0.3, 0.4) is 0 Å². The molecule has 9 heterocycles. The third-order valence-corrected chi connectivity index (χ3v) is 20.9. The molecule has 35 nitrogen and oxygen atoms in total. The van der Waals surface area contributed by atoms with Crippen molar-refractivity contribution < 1.29 is 55.9 Å². The molecule has 0 atom stereocenters. The van der Waals surface area contributed by atoms with Crippen molar-refractivity contribution in [1.82, 2.24) is 73.0 Å². The molecule has 0 bridgehead atoms. The highest BCUT2D eigenvalue weighted by atomic mass is 35.5. The lowest BCUT2D eigenvalue weighted by Gasteiger charge is -2.32. The maximum absolute atomic E-state index is 12.2. The molecule has 6 aromatic heterocycles. The highest BCUT2D eigenvalue weighted by Gasteiger charge is 2.25. The first-order valence-electron chi connectivity index (χ1n) is 40.7. The number of rotatable bonds is 28. The number of fused-ring (bicyclic) bond motifs is 3. The van der Waals surface area contributed by atoms with Gasteiger partial charge in [-0.25, -0.2) is 29.9 Å². The Morgan fingerprint density at radius 1 is 0.520 bits per heavy atom. The van der Waals surface area contributed by atoms with Gasteiger partial charge in [-0.15, -0.1) is 0 Å². The molecule has 670 valence electrons. The fraction of sp³-hybridized carbons (Fsp3) is 0.322. The lowest BCUT2D eigenvalue weighted by atomic mass is 10.1. The number of piperazine rings is 3. The van der Waals surface area contributed by atoms with Crippen LogP contribution in [0.2, 0.25) is 0 Å². The van der Waals surface area contributed by atoms with Gasteiger partial charge in [0.1, 0.15) is 48.6 Å². The van der Waals surface area contributed by atoms with E-state index in [2.05, 4.69) is 167 Å². The number of nitrogens with two attached hydrogens (primary N) is 1. The second-order valence-corrected chi connectivity index (χ2v) is 31.6. The minimum atomic E-state index is -3.67. The summed E-state index contributed by atoms with van der Waals surface area (Å²) in [4.78, 5) is 74.6. The first kappa shape index (κ1) is 95.9. The molecule has 0 aliphatic carbocycles. The summed E-state index contributed by atoms with van der Waals surface area (Å²) in [6.07, 6.45) is 14.3. The number of nitriles is 1. The number of carbonyl (C=O) groups is 2. The smallest absolute Gasteiger partial charge is 0.313 e. The molecule has 6 aromatic carbocycles. The number of methoxy groups -OCH3 is 3. The number of allylic oxidation sites excluding steroid dienone is 1. The van der Waals surface area contributed by atoms with Gasteiger partial charge in [0.2, 0.25) is 34.7 Å². The minimum absolute atomic E-state index is 0.156. The molecule has 3 fully saturated rings. The van der Waals surface area contributed by atoms with Crippen LogP contribution in [0.5, 0.6) is 34.5 Å². The number of hydrogen-bond donors (Lipinski definition) is 6. The van der Waals surface area contributed by atoms with Crippen LogP contribution >= 0.6 is 11.6 Å². The van der Waals surface area contributed by atoms with Crippen LogP contribution in [0.25, 0.3) is 66.5 Å². The number of aryl methyl sites for hydroxylation is 3. The maximum atomic E-state index is 12.2. The maximum Gasteiger partial charge on any atom is 0.313 e. The molecule has 3 aliphatic heterocycles. The van der Waals surface area contributed by atoms with Gasteiger partial charge in [0.05, 0.1) is 84.1 Å². The minimum Gasteiger partial charge on any atom is -0.494 e. The van der Waals surface area contributed by atoms with Crippen molar-refractivity contribution in [2.45, 2.75) is 6.92 Å². The summed E-state index contributed by atoms with van der Waals surface area (Å²) < 4.78 is 66.9. The van der Waals surface area contributed by atoms with Crippen LogP contribution < -0.4 is 55.4 Å². The summed E-state index contributed by atoms with van der Waals surface area (Å²) in [5.74, 6) is 3.63. The summed E-state index contributed by atoms with van der Waals surface area (Å²) in [5, 5.41) is 34.5. The summed E-state index contributed by atoms with van der Waals surface area (Å²) in [5.41, 5.74) is 17.6. The first-order valence-corrected chi connectivity index (χ1v) is 42.9. The number of hydrogen-bond acceptors (Lipinski definition) is 29. The van der Waals surface area contributed by atoms with Gasteiger partial charge in [-0.2, -0.15) is 13.7 Å². The van der Waals surface area contributed by atoms with E-state index < -0.39 is 20.3 Å². The van der Waals surface area contributed by atoms with Gasteiger partial charge in [0, 0.05) is 237 Å². The first-order chi connectivity index (χ1) is 61.1. The third-order valence-electron chi connectivity index (χ3n) is 20.7. The van der Waals surface area contributed by atoms with E-state index in [0.717, 1.165) is 164 Å².